The van der Waals surface area contributed by atoms with Crippen LogP contribution >= 0.6 is 11.6 Å². The van der Waals surface area contributed by atoms with Crippen LogP contribution in [0.2, 0.25) is 5.02 Å². The van der Waals surface area contributed by atoms with Crippen LogP contribution in [0.3, 0.4) is 0 Å². The van der Waals surface area contributed by atoms with Crippen molar-refractivity contribution in [2.75, 3.05) is 36.4 Å². The molecule has 2 heterocycles. The molecule has 5 rings (SSSR count). The summed E-state index contributed by atoms with van der Waals surface area (Å²) in [6.45, 7) is 5.02. The van der Waals surface area contributed by atoms with Crippen LogP contribution in [0.15, 0.2) is 83.8 Å². The Morgan fingerprint density at radius 3 is 2.17 bits per heavy atom. The van der Waals surface area contributed by atoms with Gasteiger partial charge in [0, 0.05) is 67.1 Å². The maximum absolute atomic E-state index is 13.4. The molecular weight excluding hydrogens is 546 g/mol. The first-order chi connectivity index (χ1) is 19.2. The Morgan fingerprint density at radius 2 is 1.55 bits per heavy atom. The molecule has 4 aromatic rings. The number of halogens is 1. The Kier molecular flexibility index (Phi) is 8.16. The summed E-state index contributed by atoms with van der Waals surface area (Å²) in [5.74, 6) is 1.21. The molecule has 1 aromatic heterocycles. The van der Waals surface area contributed by atoms with Crippen molar-refractivity contribution in [3.8, 4) is 11.4 Å². The first-order valence-electron chi connectivity index (χ1n) is 13.0. The number of aryl methyl sites for hydroxylation is 1. The monoisotopic (exact) mass is 575 g/mol. The van der Waals surface area contributed by atoms with Crippen LogP contribution in [-0.4, -0.2) is 54.8 Å². The quantitative estimate of drug-likeness (QED) is 0.327. The van der Waals surface area contributed by atoms with Crippen LogP contribution in [0.5, 0.6) is 0 Å². The van der Waals surface area contributed by atoms with E-state index >= 15 is 0 Å². The number of sulfonamides is 1. The van der Waals surface area contributed by atoms with Crippen molar-refractivity contribution in [2.24, 2.45) is 0 Å². The van der Waals surface area contributed by atoms with E-state index in [1.807, 2.05) is 49.4 Å². The van der Waals surface area contributed by atoms with Gasteiger partial charge in [-0.25, -0.2) is 18.4 Å². The molecule has 1 amide bonds. The number of amides is 1. The number of hydrogen-bond donors (Lipinski definition) is 1. The molecule has 1 fully saturated rings. The lowest BCUT2D eigenvalue weighted by molar-refractivity contribution is -0.114. The van der Waals surface area contributed by atoms with Gasteiger partial charge in [0.25, 0.3) is 0 Å². The van der Waals surface area contributed by atoms with Crippen molar-refractivity contribution in [1.82, 2.24) is 14.3 Å². The fourth-order valence-corrected chi connectivity index (χ4v) is 6.33. The topological polar surface area (TPSA) is 95.5 Å². The van der Waals surface area contributed by atoms with E-state index in [-0.39, 0.29) is 10.8 Å². The van der Waals surface area contributed by atoms with Gasteiger partial charge < -0.3 is 10.2 Å². The normalized spacial score (nSPS) is 14.2. The summed E-state index contributed by atoms with van der Waals surface area (Å²) in [6.07, 6.45) is 0.669. The lowest BCUT2D eigenvalue weighted by atomic mass is 10.0. The van der Waals surface area contributed by atoms with Gasteiger partial charge in [-0.05, 0) is 61.0 Å². The molecule has 1 N–H and O–H groups in total. The standard InChI is InChI=1S/C30H30ClN5O3S/c1-21-28(20-23-6-4-3-5-7-23)30(34-29(32-21)24-8-10-25(31)11-9-24)35-16-18-36(19-17-35)40(38,39)27-14-12-26(13-15-27)33-22(2)37/h3-15H,16-20H2,1-2H3,(H,33,37). The van der Waals surface area contributed by atoms with E-state index in [1.54, 1.807) is 12.1 Å². The Labute approximate surface area is 239 Å². The molecule has 0 radical (unpaired) electrons. The van der Waals surface area contributed by atoms with E-state index in [4.69, 9.17) is 21.6 Å². The van der Waals surface area contributed by atoms with E-state index in [9.17, 15) is 13.2 Å². The summed E-state index contributed by atoms with van der Waals surface area (Å²) in [5.41, 5.74) is 4.47. The van der Waals surface area contributed by atoms with Gasteiger partial charge >= 0.3 is 0 Å². The van der Waals surface area contributed by atoms with E-state index in [0.29, 0.717) is 49.1 Å². The second-order valence-corrected chi connectivity index (χ2v) is 12.1. The largest absolute Gasteiger partial charge is 0.354 e. The van der Waals surface area contributed by atoms with Crippen LogP contribution in [0.25, 0.3) is 11.4 Å². The molecule has 3 aromatic carbocycles. The highest BCUT2D eigenvalue weighted by Crippen LogP contribution is 2.30. The van der Waals surface area contributed by atoms with Gasteiger partial charge in [0.1, 0.15) is 5.82 Å². The summed E-state index contributed by atoms with van der Waals surface area (Å²) in [6, 6.07) is 23.9. The zero-order valence-electron chi connectivity index (χ0n) is 22.3. The zero-order valence-corrected chi connectivity index (χ0v) is 23.9. The fourth-order valence-electron chi connectivity index (χ4n) is 4.78. The van der Waals surface area contributed by atoms with Crippen LogP contribution in [0.1, 0.15) is 23.7 Å². The predicted octanol–water partition coefficient (Wildman–Crippen LogP) is 5.17. The van der Waals surface area contributed by atoms with Crippen LogP contribution in [0, 0.1) is 6.92 Å². The molecule has 0 saturated carbocycles. The molecule has 0 spiro atoms. The Hall–Kier alpha value is -3.79. The minimum atomic E-state index is -3.69. The first-order valence-corrected chi connectivity index (χ1v) is 14.8. The molecule has 0 aliphatic carbocycles. The van der Waals surface area contributed by atoms with Crippen molar-refractivity contribution in [1.29, 1.82) is 0 Å². The highest BCUT2D eigenvalue weighted by molar-refractivity contribution is 7.89. The van der Waals surface area contributed by atoms with Crippen LogP contribution in [-0.2, 0) is 21.2 Å². The predicted molar refractivity (Wildman–Crippen MR) is 158 cm³/mol. The summed E-state index contributed by atoms with van der Waals surface area (Å²) < 4.78 is 28.3. The lowest BCUT2D eigenvalue weighted by Gasteiger charge is -2.36. The number of hydrogen-bond acceptors (Lipinski definition) is 6. The molecule has 8 nitrogen and oxygen atoms in total. The van der Waals surface area contributed by atoms with Crippen molar-refractivity contribution in [3.05, 3.63) is 101 Å². The molecule has 1 aliphatic heterocycles. The van der Waals surface area contributed by atoms with Gasteiger partial charge in [0.2, 0.25) is 15.9 Å². The van der Waals surface area contributed by atoms with Gasteiger partial charge in [0.15, 0.2) is 5.82 Å². The van der Waals surface area contributed by atoms with E-state index in [0.717, 1.165) is 28.2 Å². The molecule has 40 heavy (non-hydrogen) atoms. The van der Waals surface area contributed by atoms with Gasteiger partial charge in [-0.15, -0.1) is 0 Å². The number of nitrogens with one attached hydrogen (secondary N) is 1. The average molecular weight is 576 g/mol. The fraction of sp³-hybridized carbons (Fsp3) is 0.233. The Balaban J connectivity index is 1.41. The zero-order chi connectivity index (χ0) is 28.3. The number of carbonyl (C=O) groups is 1. The third-order valence-corrected chi connectivity index (χ3v) is 9.03. The maximum Gasteiger partial charge on any atom is 0.243 e. The van der Waals surface area contributed by atoms with Crippen molar-refractivity contribution in [2.45, 2.75) is 25.2 Å². The second-order valence-electron chi connectivity index (χ2n) is 9.70. The van der Waals surface area contributed by atoms with Crippen LogP contribution in [0.4, 0.5) is 11.5 Å². The lowest BCUT2D eigenvalue weighted by Crippen LogP contribution is -2.49. The van der Waals surface area contributed by atoms with Gasteiger partial charge in [-0.3, -0.25) is 4.79 Å². The smallest absolute Gasteiger partial charge is 0.243 e. The minimum Gasteiger partial charge on any atom is -0.354 e. The summed E-state index contributed by atoms with van der Waals surface area (Å²) in [4.78, 5) is 23.5. The summed E-state index contributed by atoms with van der Waals surface area (Å²) in [7, 11) is -3.69. The molecule has 0 unspecified atom stereocenters. The third kappa shape index (κ3) is 6.17. The van der Waals surface area contributed by atoms with E-state index < -0.39 is 10.0 Å². The molecule has 10 heteroatoms. The summed E-state index contributed by atoms with van der Waals surface area (Å²) in [5, 5.41) is 3.30. The minimum absolute atomic E-state index is 0.197. The molecule has 0 atom stereocenters. The van der Waals surface area contributed by atoms with E-state index in [1.165, 1.54) is 23.4 Å². The van der Waals surface area contributed by atoms with E-state index in [2.05, 4.69) is 22.3 Å². The van der Waals surface area contributed by atoms with Gasteiger partial charge in [-0.1, -0.05) is 41.9 Å². The summed E-state index contributed by atoms with van der Waals surface area (Å²) >= 11 is 6.10. The number of aromatic nitrogens is 2. The van der Waals surface area contributed by atoms with Gasteiger partial charge in [0.05, 0.1) is 4.90 Å². The average Bonchev–Trinajstić information content (AvgIpc) is 2.95. The maximum atomic E-state index is 13.4. The molecule has 0 bridgehead atoms. The molecule has 1 aliphatic rings. The van der Waals surface area contributed by atoms with Crippen LogP contribution < -0.4 is 10.2 Å². The SMILES string of the molecule is CC(=O)Nc1ccc(S(=O)(=O)N2CCN(c3nc(-c4ccc(Cl)cc4)nc(C)c3Cc3ccccc3)CC2)cc1. The highest BCUT2D eigenvalue weighted by Gasteiger charge is 2.30. The number of nitrogens with zero attached hydrogens (tertiary/aromatic N) is 4. The number of carbonyl (C=O) groups excluding carboxylic acids is 1. The molecular formula is C30H30ClN5O3S. The third-order valence-electron chi connectivity index (χ3n) is 6.87. The van der Waals surface area contributed by atoms with Crippen molar-refractivity contribution < 1.29 is 13.2 Å². The van der Waals surface area contributed by atoms with Crippen molar-refractivity contribution in [3.63, 3.8) is 0 Å². The number of benzene rings is 3. The molecule has 1 saturated heterocycles. The number of anilines is 2. The van der Waals surface area contributed by atoms with Crippen molar-refractivity contribution >= 4 is 39.0 Å². The Morgan fingerprint density at radius 1 is 0.900 bits per heavy atom. The van der Waals surface area contributed by atoms with Gasteiger partial charge in [-0.2, -0.15) is 4.31 Å². The number of rotatable bonds is 7. The second kappa shape index (κ2) is 11.8. The Bertz CT molecular complexity index is 1600. The number of piperazine rings is 1. The molecule has 206 valence electrons. The first kappa shape index (κ1) is 27.8. The highest BCUT2D eigenvalue weighted by atomic mass is 35.5.